The molecule has 0 aliphatic carbocycles. The van der Waals surface area contributed by atoms with E-state index in [1.165, 1.54) is 12.1 Å². The molecule has 0 aromatic heterocycles. The normalized spacial score (nSPS) is 21.4. The van der Waals surface area contributed by atoms with Crippen molar-refractivity contribution in [3.8, 4) is 0 Å². The number of carbonyl (C=O) groups excluding carboxylic acids is 1. The highest BCUT2D eigenvalue weighted by molar-refractivity contribution is 6.39. The third kappa shape index (κ3) is 2.97. The Labute approximate surface area is 155 Å². The Morgan fingerprint density at radius 3 is 2.74 bits per heavy atom. The lowest BCUT2D eigenvalue weighted by Gasteiger charge is -2.40. The molecular formula is C18H18N6O3. The summed E-state index contributed by atoms with van der Waals surface area (Å²) < 4.78 is 0. The molecular weight excluding hydrogens is 348 g/mol. The largest absolute Gasteiger partial charge is 0.299 e. The first-order chi connectivity index (χ1) is 13.1. The maximum Gasteiger partial charge on any atom is 0.294 e. The lowest BCUT2D eigenvalue weighted by Crippen LogP contribution is -2.58. The quantitative estimate of drug-likeness (QED) is 0.559. The van der Waals surface area contributed by atoms with Crippen LogP contribution < -0.4 is 16.2 Å². The van der Waals surface area contributed by atoms with Crippen molar-refractivity contribution in [2.45, 2.75) is 12.2 Å². The molecule has 2 aliphatic heterocycles. The number of nitro groups is 1. The molecule has 27 heavy (non-hydrogen) atoms. The molecule has 1 amide bonds. The number of non-ortho nitro benzene ring substituents is 1. The molecule has 0 spiro atoms. The monoisotopic (exact) mass is 366 g/mol. The molecule has 4 rings (SSSR count). The van der Waals surface area contributed by atoms with E-state index in [0.29, 0.717) is 12.2 Å². The summed E-state index contributed by atoms with van der Waals surface area (Å²) in [6.45, 7) is 1.33. The number of nitro benzene ring substituents is 1. The Balaban J connectivity index is 1.60. The number of nitrogens with one attached hydrogen (secondary N) is 3. The maximum atomic E-state index is 12.9. The highest BCUT2D eigenvalue weighted by Crippen LogP contribution is 2.34. The minimum Gasteiger partial charge on any atom is -0.299 e. The number of carbonyl (C=O) groups is 1. The standard InChI is InChI=1S/C18H18N6O3/c25-17-16(22-21-14-8-4-9-15(12-14)24(26)27)20-18(13-6-2-1-3-7-13)19-10-5-11-23(17)18/h1-4,6-9,12,19,21H,5,10-11H2,(H,20,22). The van der Waals surface area contributed by atoms with E-state index in [-0.39, 0.29) is 17.4 Å². The predicted octanol–water partition coefficient (Wildman–Crippen LogP) is 1.56. The summed E-state index contributed by atoms with van der Waals surface area (Å²) in [4.78, 5) is 29.6. The highest BCUT2D eigenvalue weighted by Gasteiger charge is 2.49. The summed E-state index contributed by atoms with van der Waals surface area (Å²) in [6.07, 6.45) is 0.835. The number of benzene rings is 2. The van der Waals surface area contributed by atoms with Gasteiger partial charge in [0.05, 0.1) is 10.6 Å². The summed E-state index contributed by atoms with van der Waals surface area (Å²) in [5.41, 5.74) is 6.94. The van der Waals surface area contributed by atoms with Gasteiger partial charge in [-0.3, -0.25) is 36.0 Å². The molecule has 2 aromatic carbocycles. The number of hydrogen-bond donors (Lipinski definition) is 3. The summed E-state index contributed by atoms with van der Waals surface area (Å²) >= 11 is 0. The lowest BCUT2D eigenvalue weighted by atomic mass is 10.0. The SMILES string of the molecule is O=C1C(NNc2cccc([N+](=O)[O-])c2)=NC2(c3ccccc3)NCCCN12. The van der Waals surface area contributed by atoms with Crippen LogP contribution in [0.1, 0.15) is 12.0 Å². The van der Waals surface area contributed by atoms with Crippen LogP contribution >= 0.6 is 0 Å². The Kier molecular flexibility index (Phi) is 4.21. The molecule has 2 heterocycles. The van der Waals surface area contributed by atoms with Crippen LogP contribution in [0.2, 0.25) is 0 Å². The van der Waals surface area contributed by atoms with E-state index in [0.717, 1.165) is 18.5 Å². The van der Waals surface area contributed by atoms with Crippen molar-refractivity contribution in [1.29, 1.82) is 0 Å². The summed E-state index contributed by atoms with van der Waals surface area (Å²) in [5, 5.41) is 14.3. The third-order valence-corrected chi connectivity index (χ3v) is 4.60. The predicted molar refractivity (Wildman–Crippen MR) is 99.7 cm³/mol. The van der Waals surface area contributed by atoms with Gasteiger partial charge in [0, 0.05) is 30.8 Å². The van der Waals surface area contributed by atoms with Crippen LogP contribution in [-0.2, 0) is 10.6 Å². The Morgan fingerprint density at radius 2 is 1.96 bits per heavy atom. The number of nitrogens with zero attached hydrogens (tertiary/aromatic N) is 3. The zero-order valence-corrected chi connectivity index (χ0v) is 14.4. The molecule has 2 aliphatic rings. The molecule has 0 bridgehead atoms. The summed E-state index contributed by atoms with van der Waals surface area (Å²) in [6, 6.07) is 15.6. The van der Waals surface area contributed by atoms with Gasteiger partial charge in [0.2, 0.25) is 11.6 Å². The average Bonchev–Trinajstić information content (AvgIpc) is 3.01. The third-order valence-electron chi connectivity index (χ3n) is 4.60. The molecule has 2 aromatic rings. The molecule has 9 nitrogen and oxygen atoms in total. The molecule has 1 unspecified atom stereocenters. The molecule has 1 atom stereocenters. The van der Waals surface area contributed by atoms with Crippen molar-refractivity contribution in [3.05, 3.63) is 70.3 Å². The van der Waals surface area contributed by atoms with Gasteiger partial charge >= 0.3 is 0 Å². The second-order valence-corrected chi connectivity index (χ2v) is 6.29. The van der Waals surface area contributed by atoms with Crippen molar-refractivity contribution >= 4 is 23.1 Å². The van der Waals surface area contributed by atoms with E-state index in [9.17, 15) is 14.9 Å². The van der Waals surface area contributed by atoms with Crippen LogP contribution in [0.15, 0.2) is 59.6 Å². The molecule has 0 saturated carbocycles. The van der Waals surface area contributed by atoms with Crippen LogP contribution in [0.25, 0.3) is 0 Å². The van der Waals surface area contributed by atoms with Crippen molar-refractivity contribution in [2.24, 2.45) is 4.99 Å². The number of hydrazine groups is 1. The van der Waals surface area contributed by atoms with Crippen molar-refractivity contribution < 1.29 is 9.72 Å². The minimum absolute atomic E-state index is 0.0404. The summed E-state index contributed by atoms with van der Waals surface area (Å²) in [5.74, 6) is -1.01. The minimum atomic E-state index is -0.927. The fraction of sp³-hybridized carbons (Fsp3) is 0.222. The second kappa shape index (κ2) is 6.69. The van der Waals surface area contributed by atoms with Gasteiger partial charge in [-0.2, -0.15) is 0 Å². The van der Waals surface area contributed by atoms with E-state index >= 15 is 0 Å². The maximum absolute atomic E-state index is 12.9. The first-order valence-electron chi connectivity index (χ1n) is 8.59. The molecule has 1 saturated heterocycles. The number of hydrogen-bond acceptors (Lipinski definition) is 7. The van der Waals surface area contributed by atoms with Gasteiger partial charge in [-0.15, -0.1) is 0 Å². The smallest absolute Gasteiger partial charge is 0.294 e. The first kappa shape index (κ1) is 17.0. The van der Waals surface area contributed by atoms with E-state index in [2.05, 4.69) is 21.2 Å². The average molecular weight is 366 g/mol. The van der Waals surface area contributed by atoms with Crippen molar-refractivity contribution in [2.75, 3.05) is 18.5 Å². The van der Waals surface area contributed by atoms with E-state index in [1.807, 2.05) is 30.3 Å². The lowest BCUT2D eigenvalue weighted by molar-refractivity contribution is -0.384. The zero-order valence-electron chi connectivity index (χ0n) is 14.4. The van der Waals surface area contributed by atoms with Crippen molar-refractivity contribution in [3.63, 3.8) is 0 Å². The zero-order chi connectivity index (χ0) is 18.9. The van der Waals surface area contributed by atoms with Gasteiger partial charge in [0.15, 0.2) is 0 Å². The molecule has 3 N–H and O–H groups in total. The fourth-order valence-electron chi connectivity index (χ4n) is 3.35. The van der Waals surface area contributed by atoms with Crippen LogP contribution in [-0.4, -0.2) is 34.7 Å². The Bertz CT molecular complexity index is 916. The van der Waals surface area contributed by atoms with Gasteiger partial charge in [-0.25, -0.2) is 4.99 Å². The fourth-order valence-corrected chi connectivity index (χ4v) is 3.35. The number of amidine groups is 1. The Morgan fingerprint density at radius 1 is 1.15 bits per heavy atom. The highest BCUT2D eigenvalue weighted by atomic mass is 16.6. The van der Waals surface area contributed by atoms with Crippen LogP contribution in [0.3, 0.4) is 0 Å². The first-order valence-corrected chi connectivity index (χ1v) is 8.59. The topological polar surface area (TPSA) is 112 Å². The molecule has 9 heteroatoms. The number of anilines is 1. The molecule has 0 radical (unpaired) electrons. The summed E-state index contributed by atoms with van der Waals surface area (Å²) in [7, 11) is 0. The van der Waals surface area contributed by atoms with Crippen LogP contribution in [0.5, 0.6) is 0 Å². The number of amides is 1. The molecule has 1 fully saturated rings. The van der Waals surface area contributed by atoms with Gasteiger partial charge in [-0.05, 0) is 12.5 Å². The second-order valence-electron chi connectivity index (χ2n) is 6.29. The van der Waals surface area contributed by atoms with Gasteiger partial charge in [0.25, 0.3) is 11.6 Å². The number of aliphatic imine (C=N–C) groups is 1. The van der Waals surface area contributed by atoms with Crippen LogP contribution in [0, 0.1) is 10.1 Å². The van der Waals surface area contributed by atoms with E-state index in [4.69, 9.17) is 0 Å². The van der Waals surface area contributed by atoms with E-state index in [1.54, 1.807) is 17.0 Å². The van der Waals surface area contributed by atoms with Crippen molar-refractivity contribution in [1.82, 2.24) is 15.6 Å². The van der Waals surface area contributed by atoms with Gasteiger partial charge < -0.3 is 0 Å². The van der Waals surface area contributed by atoms with Gasteiger partial charge in [-0.1, -0.05) is 36.4 Å². The number of rotatable bonds is 4. The van der Waals surface area contributed by atoms with E-state index < -0.39 is 10.7 Å². The van der Waals surface area contributed by atoms with Gasteiger partial charge in [0.1, 0.15) is 0 Å². The Hall–Kier alpha value is -3.46. The van der Waals surface area contributed by atoms with Crippen LogP contribution in [0.4, 0.5) is 11.4 Å². The molecule has 138 valence electrons. The number of fused-ring (bicyclic) bond motifs is 1.